The van der Waals surface area contributed by atoms with Crippen LogP contribution in [0.5, 0.6) is 0 Å². The third-order valence-corrected chi connectivity index (χ3v) is 4.75. The maximum atomic E-state index is 4.34. The summed E-state index contributed by atoms with van der Waals surface area (Å²) in [4.78, 5) is 6.95. The molecule has 4 nitrogen and oxygen atoms in total. The van der Waals surface area contributed by atoms with Gasteiger partial charge in [0.05, 0.1) is 12.0 Å². The van der Waals surface area contributed by atoms with Crippen LogP contribution in [0.4, 0.5) is 0 Å². The molecular formula is C14H22N4. The van der Waals surface area contributed by atoms with Gasteiger partial charge in [0.1, 0.15) is 0 Å². The summed E-state index contributed by atoms with van der Waals surface area (Å²) in [6.07, 6.45) is 9.54. The number of nitrogens with zero attached hydrogens (tertiary/aromatic N) is 3. The zero-order chi connectivity index (χ0) is 11.9. The molecule has 0 aromatic carbocycles. The molecule has 4 rings (SSSR count). The Kier molecular flexibility index (Phi) is 2.66. The number of piperidine rings is 1. The zero-order valence-electron chi connectivity index (χ0n) is 10.9. The molecule has 2 aliphatic heterocycles. The van der Waals surface area contributed by atoms with Crippen LogP contribution in [-0.4, -0.2) is 40.1 Å². The predicted octanol–water partition coefficient (Wildman–Crippen LogP) is 1.40. The van der Waals surface area contributed by atoms with Crippen molar-refractivity contribution in [3.8, 4) is 0 Å². The second-order valence-corrected chi connectivity index (χ2v) is 6.18. The smallest absolute Gasteiger partial charge is 0.0951 e. The lowest BCUT2D eigenvalue weighted by Crippen LogP contribution is -2.40. The Morgan fingerprint density at radius 2 is 2.22 bits per heavy atom. The number of nitrogens with one attached hydrogen (secondary N) is 1. The van der Waals surface area contributed by atoms with Gasteiger partial charge >= 0.3 is 0 Å². The third-order valence-electron chi connectivity index (χ3n) is 4.75. The monoisotopic (exact) mass is 246 g/mol. The number of likely N-dealkylation sites (tertiary alicyclic amines) is 1. The van der Waals surface area contributed by atoms with E-state index in [1.54, 1.807) is 0 Å². The quantitative estimate of drug-likeness (QED) is 0.875. The Morgan fingerprint density at radius 1 is 1.28 bits per heavy atom. The molecule has 2 atom stereocenters. The highest BCUT2D eigenvalue weighted by Gasteiger charge is 2.34. The topological polar surface area (TPSA) is 33.1 Å². The van der Waals surface area contributed by atoms with Gasteiger partial charge in [-0.3, -0.25) is 4.90 Å². The summed E-state index contributed by atoms with van der Waals surface area (Å²) in [5.41, 5.74) is 1.41. The molecule has 1 N–H and O–H groups in total. The lowest BCUT2D eigenvalue weighted by Gasteiger charge is -2.24. The van der Waals surface area contributed by atoms with Gasteiger partial charge in [-0.1, -0.05) is 0 Å². The van der Waals surface area contributed by atoms with Crippen molar-refractivity contribution >= 4 is 0 Å². The van der Waals surface area contributed by atoms with Gasteiger partial charge in [0.2, 0.25) is 0 Å². The van der Waals surface area contributed by atoms with Crippen molar-refractivity contribution in [3.05, 3.63) is 18.2 Å². The molecule has 2 saturated heterocycles. The van der Waals surface area contributed by atoms with Gasteiger partial charge in [-0.2, -0.15) is 0 Å². The first-order chi connectivity index (χ1) is 8.90. The van der Waals surface area contributed by atoms with Gasteiger partial charge in [0, 0.05) is 37.9 Å². The van der Waals surface area contributed by atoms with Gasteiger partial charge < -0.3 is 9.88 Å². The van der Waals surface area contributed by atoms with Crippen molar-refractivity contribution in [2.75, 3.05) is 19.6 Å². The van der Waals surface area contributed by atoms with Crippen molar-refractivity contribution in [2.45, 2.75) is 44.3 Å². The lowest BCUT2D eigenvalue weighted by atomic mass is 9.94. The van der Waals surface area contributed by atoms with Gasteiger partial charge in [-0.25, -0.2) is 4.98 Å². The number of hydrogen-bond acceptors (Lipinski definition) is 3. The molecule has 0 amide bonds. The number of hydrogen-bond donors (Lipinski definition) is 1. The van der Waals surface area contributed by atoms with E-state index in [1.165, 1.54) is 51.0 Å². The Morgan fingerprint density at radius 3 is 3.06 bits per heavy atom. The van der Waals surface area contributed by atoms with Crippen molar-refractivity contribution in [1.82, 2.24) is 19.8 Å². The molecule has 98 valence electrons. The van der Waals surface area contributed by atoms with Crippen LogP contribution in [-0.2, 0) is 6.54 Å². The van der Waals surface area contributed by atoms with Crippen LogP contribution in [0.3, 0.4) is 0 Å². The van der Waals surface area contributed by atoms with E-state index >= 15 is 0 Å². The van der Waals surface area contributed by atoms with Crippen LogP contribution < -0.4 is 5.32 Å². The summed E-state index contributed by atoms with van der Waals surface area (Å²) >= 11 is 0. The maximum absolute atomic E-state index is 4.34. The molecular weight excluding hydrogens is 224 g/mol. The summed E-state index contributed by atoms with van der Waals surface area (Å²) in [6.45, 7) is 4.80. The minimum Gasteiger partial charge on any atom is -0.330 e. The van der Waals surface area contributed by atoms with Crippen LogP contribution in [0.15, 0.2) is 12.5 Å². The van der Waals surface area contributed by atoms with E-state index in [9.17, 15) is 0 Å². The summed E-state index contributed by atoms with van der Waals surface area (Å²) in [6, 6.07) is 1.50. The molecule has 4 heteroatoms. The molecule has 1 aliphatic carbocycles. The molecule has 3 heterocycles. The molecule has 1 aromatic heterocycles. The van der Waals surface area contributed by atoms with Crippen molar-refractivity contribution < 1.29 is 0 Å². The number of imidazole rings is 1. The Bertz CT molecular complexity index is 409. The first-order valence-electron chi connectivity index (χ1n) is 7.36. The van der Waals surface area contributed by atoms with Crippen molar-refractivity contribution in [2.24, 2.45) is 5.92 Å². The van der Waals surface area contributed by atoms with E-state index < -0.39 is 0 Å². The Labute approximate surface area is 108 Å². The average Bonchev–Trinajstić information content (AvgIpc) is 2.98. The molecule has 0 spiro atoms. The molecule has 1 aromatic rings. The van der Waals surface area contributed by atoms with Crippen molar-refractivity contribution in [1.29, 1.82) is 0 Å². The molecule has 3 fully saturated rings. The van der Waals surface area contributed by atoms with E-state index in [-0.39, 0.29) is 0 Å². The van der Waals surface area contributed by atoms with Crippen LogP contribution in [0, 0.1) is 5.92 Å². The largest absolute Gasteiger partial charge is 0.330 e. The van der Waals surface area contributed by atoms with E-state index in [0.717, 1.165) is 24.5 Å². The first-order valence-corrected chi connectivity index (χ1v) is 7.36. The summed E-state index contributed by atoms with van der Waals surface area (Å²) in [5, 5.41) is 3.68. The van der Waals surface area contributed by atoms with E-state index in [4.69, 9.17) is 0 Å². The number of rotatable bonds is 3. The summed E-state index contributed by atoms with van der Waals surface area (Å²) in [5.74, 6) is 0.885. The fourth-order valence-electron chi connectivity index (χ4n) is 3.63. The minimum atomic E-state index is 0.746. The number of fused-ring (bicyclic) bond motifs is 1. The van der Waals surface area contributed by atoms with Gasteiger partial charge in [0.25, 0.3) is 0 Å². The minimum absolute atomic E-state index is 0.746. The second-order valence-electron chi connectivity index (χ2n) is 6.18. The standard InChI is InChI=1S/C14H22N4/c1-2-11-7-17(9-14(11)16-5-1)8-13-6-15-10-18(13)12-3-4-12/h6,10-12,14,16H,1-5,7-9H2/t11-,14+/m0/s1. The zero-order valence-corrected chi connectivity index (χ0v) is 10.9. The van der Waals surface area contributed by atoms with Crippen LogP contribution in [0.1, 0.15) is 37.4 Å². The van der Waals surface area contributed by atoms with Gasteiger partial charge in [-0.05, 0) is 38.1 Å². The molecule has 0 radical (unpaired) electrons. The fraction of sp³-hybridized carbons (Fsp3) is 0.786. The first kappa shape index (κ1) is 11.0. The van der Waals surface area contributed by atoms with Gasteiger partial charge in [0.15, 0.2) is 0 Å². The molecule has 3 aliphatic rings. The van der Waals surface area contributed by atoms with E-state index in [2.05, 4.69) is 26.0 Å². The predicted molar refractivity (Wildman–Crippen MR) is 70.3 cm³/mol. The van der Waals surface area contributed by atoms with Crippen LogP contribution in [0.2, 0.25) is 0 Å². The maximum Gasteiger partial charge on any atom is 0.0951 e. The van der Waals surface area contributed by atoms with E-state index in [0.29, 0.717) is 0 Å². The highest BCUT2D eigenvalue weighted by atomic mass is 15.2. The van der Waals surface area contributed by atoms with Crippen LogP contribution >= 0.6 is 0 Å². The highest BCUT2D eigenvalue weighted by Crippen LogP contribution is 2.36. The SMILES string of the molecule is c1ncn(C2CC2)c1CN1C[C@@H]2CCCN[C@@H]2C1. The van der Waals surface area contributed by atoms with Gasteiger partial charge in [-0.15, -0.1) is 0 Å². The number of aromatic nitrogens is 2. The molecule has 1 saturated carbocycles. The van der Waals surface area contributed by atoms with Crippen molar-refractivity contribution in [3.63, 3.8) is 0 Å². The molecule has 0 unspecified atom stereocenters. The summed E-state index contributed by atoms with van der Waals surface area (Å²) in [7, 11) is 0. The Balaban J connectivity index is 1.44. The highest BCUT2D eigenvalue weighted by molar-refractivity contribution is 5.05. The molecule has 18 heavy (non-hydrogen) atoms. The fourth-order valence-corrected chi connectivity index (χ4v) is 3.63. The Hall–Kier alpha value is -0.870. The second kappa shape index (κ2) is 4.35. The third kappa shape index (κ3) is 1.97. The summed E-state index contributed by atoms with van der Waals surface area (Å²) < 4.78 is 2.40. The van der Waals surface area contributed by atoms with E-state index in [1.807, 2.05) is 6.33 Å². The van der Waals surface area contributed by atoms with Crippen LogP contribution in [0.25, 0.3) is 0 Å². The molecule has 0 bridgehead atoms. The average molecular weight is 246 g/mol. The lowest BCUT2D eigenvalue weighted by molar-refractivity contribution is 0.304. The normalized spacial score (nSPS) is 32.7.